The minimum absolute atomic E-state index is 0.0702. The van der Waals surface area contributed by atoms with E-state index < -0.39 is 0 Å². The summed E-state index contributed by atoms with van der Waals surface area (Å²) in [5.74, 6) is -0.216. The average molecular weight is 497 g/mol. The molecule has 1 aliphatic rings. The average Bonchev–Trinajstić information content (AvgIpc) is 3.26. The highest BCUT2D eigenvalue weighted by Gasteiger charge is 2.42. The number of aromatic nitrogens is 2. The fourth-order valence-corrected chi connectivity index (χ4v) is 5.42. The summed E-state index contributed by atoms with van der Waals surface area (Å²) in [7, 11) is 1.42. The predicted octanol–water partition coefficient (Wildman–Crippen LogP) is 5.38. The maximum Gasteiger partial charge on any atom is 0.305 e. The van der Waals surface area contributed by atoms with Gasteiger partial charge in [-0.05, 0) is 75.3 Å². The van der Waals surface area contributed by atoms with Crippen LogP contribution in [0.3, 0.4) is 0 Å². The topological polar surface area (TPSA) is 59.4 Å². The zero-order valence-electron chi connectivity index (χ0n) is 19.8. The van der Waals surface area contributed by atoms with Gasteiger partial charge in [0.25, 0.3) is 0 Å². The summed E-state index contributed by atoms with van der Waals surface area (Å²) < 4.78 is 7.08. The predicted molar refractivity (Wildman–Crippen MR) is 138 cm³/mol. The van der Waals surface area contributed by atoms with Crippen LogP contribution in [0.5, 0.6) is 0 Å². The van der Waals surface area contributed by atoms with E-state index in [0.717, 1.165) is 22.8 Å². The van der Waals surface area contributed by atoms with Gasteiger partial charge < -0.3 is 19.5 Å². The Hall–Kier alpha value is -2.90. The first-order valence-corrected chi connectivity index (χ1v) is 12.1. The number of carbonyl (C=O) groups is 1. The number of hydrogen-bond acceptors (Lipinski definition) is 4. The van der Waals surface area contributed by atoms with Crippen LogP contribution < -0.4 is 5.32 Å². The van der Waals surface area contributed by atoms with Crippen molar-refractivity contribution in [3.8, 4) is 5.69 Å². The van der Waals surface area contributed by atoms with Crippen LogP contribution in [0.2, 0.25) is 5.02 Å². The molecule has 4 rings (SSSR count). The van der Waals surface area contributed by atoms with Crippen molar-refractivity contribution in [2.24, 2.45) is 0 Å². The standard InChI is InChI=1S/C26H29ClN4O2S/c1-16-17(2)31(20-10-7-9-19(27)15-20)18(3)23(16)25-24(21-11-5-6-13-28-21)29-26(34)30(25)14-8-12-22(32)33-4/h5-7,9-11,13,15,24-25H,8,12,14H2,1-4H3,(H,29,34)/t24-,25-/m0/s1. The number of carbonyl (C=O) groups excluding carboxylic acids is 1. The lowest BCUT2D eigenvalue weighted by atomic mass is 9.93. The van der Waals surface area contributed by atoms with Crippen LogP contribution in [0.4, 0.5) is 0 Å². The maximum absolute atomic E-state index is 11.7. The van der Waals surface area contributed by atoms with Gasteiger partial charge in [0.1, 0.15) is 0 Å². The molecule has 0 bridgehead atoms. The van der Waals surface area contributed by atoms with Crippen LogP contribution in [0.25, 0.3) is 5.69 Å². The molecule has 34 heavy (non-hydrogen) atoms. The number of rotatable bonds is 7. The van der Waals surface area contributed by atoms with E-state index in [4.69, 9.17) is 28.6 Å². The van der Waals surface area contributed by atoms with Crippen molar-refractivity contribution in [2.75, 3.05) is 13.7 Å². The summed E-state index contributed by atoms with van der Waals surface area (Å²) in [6.07, 6.45) is 2.79. The Morgan fingerprint density at radius 3 is 2.65 bits per heavy atom. The lowest BCUT2D eigenvalue weighted by Crippen LogP contribution is -2.31. The van der Waals surface area contributed by atoms with Gasteiger partial charge in [0.2, 0.25) is 0 Å². The Kier molecular flexibility index (Phi) is 7.24. The number of halogens is 1. The molecule has 3 heterocycles. The van der Waals surface area contributed by atoms with Crippen LogP contribution in [0.15, 0.2) is 48.7 Å². The van der Waals surface area contributed by atoms with Gasteiger partial charge in [0.05, 0.1) is 24.9 Å². The number of nitrogens with zero attached hydrogens (tertiary/aromatic N) is 3. The Morgan fingerprint density at radius 1 is 1.18 bits per heavy atom. The normalized spacial score (nSPS) is 17.7. The minimum Gasteiger partial charge on any atom is -0.469 e. The molecular formula is C26H29ClN4O2S. The summed E-state index contributed by atoms with van der Waals surface area (Å²) >= 11 is 12.1. The number of thiocarbonyl (C=S) groups is 1. The van der Waals surface area contributed by atoms with Crippen LogP contribution in [-0.2, 0) is 9.53 Å². The van der Waals surface area contributed by atoms with Crippen molar-refractivity contribution in [1.82, 2.24) is 19.8 Å². The summed E-state index contributed by atoms with van der Waals surface area (Å²) in [6.45, 7) is 7.06. The van der Waals surface area contributed by atoms with E-state index in [1.165, 1.54) is 18.2 Å². The quantitative estimate of drug-likeness (QED) is 0.350. The van der Waals surface area contributed by atoms with E-state index in [0.29, 0.717) is 29.5 Å². The van der Waals surface area contributed by atoms with Crippen molar-refractivity contribution >= 4 is 34.9 Å². The van der Waals surface area contributed by atoms with Gasteiger partial charge in [-0.15, -0.1) is 0 Å². The smallest absolute Gasteiger partial charge is 0.305 e. The van der Waals surface area contributed by atoms with Crippen molar-refractivity contribution in [3.63, 3.8) is 0 Å². The summed E-state index contributed by atoms with van der Waals surface area (Å²) in [4.78, 5) is 18.6. The molecule has 0 amide bonds. The lowest BCUT2D eigenvalue weighted by Gasteiger charge is -2.29. The Morgan fingerprint density at radius 2 is 1.97 bits per heavy atom. The fourth-order valence-electron chi connectivity index (χ4n) is 4.90. The van der Waals surface area contributed by atoms with E-state index in [9.17, 15) is 4.79 Å². The van der Waals surface area contributed by atoms with E-state index in [2.05, 4.69) is 46.6 Å². The van der Waals surface area contributed by atoms with Crippen LogP contribution in [-0.4, -0.2) is 39.2 Å². The number of esters is 1. The first-order valence-electron chi connectivity index (χ1n) is 11.3. The van der Waals surface area contributed by atoms with Crippen molar-refractivity contribution in [2.45, 2.75) is 45.7 Å². The summed E-state index contributed by atoms with van der Waals surface area (Å²) in [5, 5.41) is 4.86. The number of ether oxygens (including phenoxy) is 1. The highest BCUT2D eigenvalue weighted by molar-refractivity contribution is 7.80. The van der Waals surface area contributed by atoms with E-state index in [1.54, 1.807) is 6.20 Å². The first kappa shape index (κ1) is 24.2. The molecule has 1 saturated heterocycles. The Bertz CT molecular complexity index is 1210. The fraction of sp³-hybridized carbons (Fsp3) is 0.346. The lowest BCUT2D eigenvalue weighted by molar-refractivity contribution is -0.140. The summed E-state index contributed by atoms with van der Waals surface area (Å²) in [6, 6.07) is 13.6. The second kappa shape index (κ2) is 10.2. The highest BCUT2D eigenvalue weighted by atomic mass is 35.5. The molecule has 1 fully saturated rings. The molecule has 8 heteroatoms. The zero-order chi connectivity index (χ0) is 24.4. The van der Waals surface area contributed by atoms with Crippen LogP contribution in [0, 0.1) is 20.8 Å². The number of methoxy groups -OCH3 is 1. The SMILES string of the molecule is COC(=O)CCCN1C(=S)N[C@@H](c2ccccn2)[C@@H]1c1c(C)c(C)n(-c2cccc(Cl)c2)c1C. The van der Waals surface area contributed by atoms with E-state index >= 15 is 0 Å². The molecule has 0 aliphatic carbocycles. The van der Waals surface area contributed by atoms with Gasteiger partial charge in [0, 0.05) is 46.8 Å². The molecule has 1 aliphatic heterocycles. The second-order valence-electron chi connectivity index (χ2n) is 8.52. The Labute approximate surface area is 210 Å². The van der Waals surface area contributed by atoms with Crippen LogP contribution in [0.1, 0.15) is 53.1 Å². The Balaban J connectivity index is 1.80. The van der Waals surface area contributed by atoms with Gasteiger partial charge in [-0.1, -0.05) is 23.7 Å². The van der Waals surface area contributed by atoms with Gasteiger partial charge in [-0.2, -0.15) is 0 Å². The molecule has 0 saturated carbocycles. The molecule has 1 aromatic carbocycles. The molecule has 178 valence electrons. The third-order valence-electron chi connectivity index (χ3n) is 6.57. The van der Waals surface area contributed by atoms with Gasteiger partial charge in [0.15, 0.2) is 5.11 Å². The molecule has 0 radical (unpaired) electrons. The molecule has 3 aromatic rings. The van der Waals surface area contributed by atoms with Crippen molar-refractivity contribution in [1.29, 1.82) is 0 Å². The third-order valence-corrected chi connectivity index (χ3v) is 7.16. The minimum atomic E-state index is -0.216. The van der Waals surface area contributed by atoms with E-state index in [1.807, 2.05) is 36.4 Å². The monoisotopic (exact) mass is 496 g/mol. The summed E-state index contributed by atoms with van der Waals surface area (Å²) in [5.41, 5.74) is 6.65. The van der Waals surface area contributed by atoms with Crippen molar-refractivity contribution in [3.05, 3.63) is 81.9 Å². The largest absolute Gasteiger partial charge is 0.469 e. The molecule has 0 unspecified atom stereocenters. The van der Waals surface area contributed by atoms with E-state index in [-0.39, 0.29) is 18.1 Å². The highest BCUT2D eigenvalue weighted by Crippen LogP contribution is 2.43. The number of benzene rings is 1. The van der Waals surface area contributed by atoms with Gasteiger partial charge in [-0.25, -0.2) is 0 Å². The number of hydrogen-bond donors (Lipinski definition) is 1. The second-order valence-corrected chi connectivity index (χ2v) is 9.35. The van der Waals surface area contributed by atoms with Crippen molar-refractivity contribution < 1.29 is 9.53 Å². The molecular weight excluding hydrogens is 468 g/mol. The molecule has 2 aromatic heterocycles. The zero-order valence-corrected chi connectivity index (χ0v) is 21.4. The number of pyridine rings is 1. The molecule has 0 spiro atoms. The maximum atomic E-state index is 11.7. The molecule has 1 N–H and O–H groups in total. The third kappa shape index (κ3) is 4.55. The van der Waals surface area contributed by atoms with Crippen LogP contribution >= 0.6 is 23.8 Å². The number of nitrogens with one attached hydrogen (secondary N) is 1. The first-order chi connectivity index (χ1) is 16.3. The molecule has 6 nitrogen and oxygen atoms in total. The van der Waals surface area contributed by atoms with Gasteiger partial charge >= 0.3 is 5.97 Å². The molecule has 2 atom stereocenters. The van der Waals surface area contributed by atoms with Gasteiger partial charge in [-0.3, -0.25) is 9.78 Å².